The molecule has 0 aliphatic rings. The molecular weight excluding hydrogens is 161 g/mol. The fourth-order valence-electron chi connectivity index (χ4n) is 1.43. The number of nitrogens with zero attached hydrogens (tertiary/aromatic N) is 1. The molecule has 1 heterocycles. The highest BCUT2D eigenvalue weighted by Crippen LogP contribution is 2.08. The fourth-order valence-corrected chi connectivity index (χ4v) is 1.43. The molecule has 0 spiro atoms. The van der Waals surface area contributed by atoms with E-state index in [-0.39, 0.29) is 0 Å². The monoisotopic (exact) mass is 169 g/mol. The first-order valence-corrected chi connectivity index (χ1v) is 4.12. The van der Waals surface area contributed by atoms with E-state index in [2.05, 4.69) is 4.98 Å². The molecule has 0 saturated carbocycles. The summed E-state index contributed by atoms with van der Waals surface area (Å²) in [7, 11) is 1.92. The van der Waals surface area contributed by atoms with Crippen molar-refractivity contribution in [2.24, 2.45) is 0 Å². The van der Waals surface area contributed by atoms with Gasteiger partial charge in [-0.3, -0.25) is 9.78 Å². The van der Waals surface area contributed by atoms with E-state index in [9.17, 15) is 4.79 Å². The van der Waals surface area contributed by atoms with Crippen molar-refractivity contribution < 1.29 is 4.79 Å². The van der Waals surface area contributed by atoms with Crippen LogP contribution in [0.15, 0.2) is 30.5 Å². The predicted octanol–water partition coefficient (Wildman–Crippen LogP) is 0.306. The van der Waals surface area contributed by atoms with Gasteiger partial charge in [-0.25, -0.2) is 0 Å². The maximum absolute atomic E-state index is 10.6. The van der Waals surface area contributed by atoms with E-state index in [4.69, 9.17) is 0 Å². The number of aromatic nitrogens is 1. The number of fused-ring (bicyclic) bond motifs is 1. The molecule has 2 rings (SSSR count). The summed E-state index contributed by atoms with van der Waals surface area (Å²) in [4.78, 5) is 14.9. The minimum atomic E-state index is 0.714. The molecule has 0 bridgehead atoms. The van der Waals surface area contributed by atoms with Gasteiger partial charge in [0, 0.05) is 11.8 Å². The molecule has 0 atom stereocenters. The predicted molar refractivity (Wildman–Crippen MR) is 55.3 cm³/mol. The molecule has 62 valence electrons. The maximum atomic E-state index is 10.6. The molecule has 3 heteroatoms. The number of hydrogen-bond donors (Lipinski definition) is 0. The second kappa shape index (κ2) is 3.01. The van der Waals surface area contributed by atoms with Crippen LogP contribution in [0.5, 0.6) is 0 Å². The number of carbonyl (C=O) groups is 1. The molecular formula is C10H8BNO. The molecule has 0 saturated heterocycles. The molecule has 0 aliphatic carbocycles. The summed E-state index contributed by atoms with van der Waals surface area (Å²) in [6.45, 7) is 0. The third-order valence-corrected chi connectivity index (χ3v) is 2.20. The maximum Gasteiger partial charge on any atom is 0.149 e. The van der Waals surface area contributed by atoms with Crippen molar-refractivity contribution in [2.45, 2.75) is 0 Å². The topological polar surface area (TPSA) is 30.0 Å². The molecule has 0 N–H and O–H groups in total. The Kier molecular flexibility index (Phi) is 1.85. The third kappa shape index (κ3) is 1.22. The lowest BCUT2D eigenvalue weighted by Gasteiger charge is -2.02. The lowest BCUT2D eigenvalue weighted by atomic mass is 9.88. The Hall–Kier alpha value is -1.64. The molecule has 2 aromatic rings. The minimum Gasteiger partial charge on any atom is -0.298 e. The lowest BCUT2D eigenvalue weighted by molar-refractivity contribution is 0.112. The standard InChI is InChI=1S/C10H8BNO/c11-9-8(6-13)4-3-7-2-1-5-12-10(7)9/h1-6H,11H2. The van der Waals surface area contributed by atoms with Gasteiger partial charge in [0.25, 0.3) is 0 Å². The summed E-state index contributed by atoms with van der Waals surface area (Å²) in [6, 6.07) is 7.62. The highest BCUT2D eigenvalue weighted by Gasteiger charge is 2.01. The van der Waals surface area contributed by atoms with E-state index in [0.717, 1.165) is 22.7 Å². The SMILES string of the molecule is Bc1c(C=O)ccc2cccnc12. The minimum absolute atomic E-state index is 0.714. The van der Waals surface area contributed by atoms with Gasteiger partial charge in [-0.1, -0.05) is 23.7 Å². The van der Waals surface area contributed by atoms with Crippen LogP contribution >= 0.6 is 0 Å². The van der Waals surface area contributed by atoms with Crippen molar-refractivity contribution in [3.63, 3.8) is 0 Å². The number of rotatable bonds is 1. The largest absolute Gasteiger partial charge is 0.298 e. The Morgan fingerprint density at radius 3 is 2.92 bits per heavy atom. The summed E-state index contributed by atoms with van der Waals surface area (Å²) < 4.78 is 0. The number of pyridine rings is 1. The summed E-state index contributed by atoms with van der Waals surface area (Å²) in [5.74, 6) is 0. The Morgan fingerprint density at radius 1 is 1.31 bits per heavy atom. The van der Waals surface area contributed by atoms with Crippen molar-refractivity contribution in [3.05, 3.63) is 36.0 Å². The van der Waals surface area contributed by atoms with Crippen LogP contribution in [0.2, 0.25) is 0 Å². The number of aldehydes is 1. The van der Waals surface area contributed by atoms with Crippen LogP contribution in [0.1, 0.15) is 10.4 Å². The van der Waals surface area contributed by atoms with Gasteiger partial charge in [-0.2, -0.15) is 0 Å². The molecule has 0 unspecified atom stereocenters. The number of benzene rings is 1. The molecule has 0 radical (unpaired) electrons. The van der Waals surface area contributed by atoms with Crippen LogP contribution in [0, 0.1) is 0 Å². The van der Waals surface area contributed by atoms with Crippen molar-refractivity contribution >= 4 is 30.5 Å². The van der Waals surface area contributed by atoms with E-state index < -0.39 is 0 Å². The summed E-state index contributed by atoms with van der Waals surface area (Å²) in [5.41, 5.74) is 2.58. The number of hydrogen-bond acceptors (Lipinski definition) is 2. The third-order valence-electron chi connectivity index (χ3n) is 2.20. The van der Waals surface area contributed by atoms with Crippen molar-refractivity contribution in [1.82, 2.24) is 4.98 Å². The summed E-state index contributed by atoms with van der Waals surface area (Å²) in [5, 5.41) is 1.07. The van der Waals surface area contributed by atoms with Crippen molar-refractivity contribution in [2.75, 3.05) is 0 Å². The zero-order valence-electron chi connectivity index (χ0n) is 7.32. The lowest BCUT2D eigenvalue weighted by Crippen LogP contribution is -2.11. The second-order valence-corrected chi connectivity index (χ2v) is 2.97. The highest BCUT2D eigenvalue weighted by molar-refractivity contribution is 6.41. The average molecular weight is 169 g/mol. The van der Waals surface area contributed by atoms with Gasteiger partial charge in [0.15, 0.2) is 0 Å². The summed E-state index contributed by atoms with van der Waals surface area (Å²) in [6.07, 6.45) is 2.60. The Morgan fingerprint density at radius 2 is 2.15 bits per heavy atom. The van der Waals surface area contributed by atoms with Crippen molar-refractivity contribution in [1.29, 1.82) is 0 Å². The highest BCUT2D eigenvalue weighted by atomic mass is 16.1. The Labute approximate surface area is 77.0 Å². The van der Waals surface area contributed by atoms with E-state index >= 15 is 0 Å². The Bertz CT molecular complexity index is 467. The van der Waals surface area contributed by atoms with Crippen LogP contribution in [-0.4, -0.2) is 19.1 Å². The second-order valence-electron chi connectivity index (χ2n) is 2.97. The molecule has 1 aromatic carbocycles. The smallest absolute Gasteiger partial charge is 0.149 e. The van der Waals surface area contributed by atoms with E-state index in [1.807, 2.05) is 32.1 Å². The van der Waals surface area contributed by atoms with Crippen molar-refractivity contribution in [3.8, 4) is 0 Å². The molecule has 0 aliphatic heterocycles. The molecule has 0 amide bonds. The zero-order valence-corrected chi connectivity index (χ0v) is 7.32. The Balaban J connectivity index is 2.86. The van der Waals surface area contributed by atoms with Gasteiger partial charge >= 0.3 is 0 Å². The molecule has 1 aromatic heterocycles. The first kappa shape index (κ1) is 7.99. The molecule has 2 nitrogen and oxygen atoms in total. The molecule has 0 fully saturated rings. The van der Waals surface area contributed by atoms with Crippen LogP contribution in [0.25, 0.3) is 10.9 Å². The first-order chi connectivity index (χ1) is 6.33. The average Bonchev–Trinajstić information content (AvgIpc) is 2.19. The number of carbonyl (C=O) groups excluding carboxylic acids is 1. The van der Waals surface area contributed by atoms with Crippen LogP contribution in [-0.2, 0) is 0 Å². The van der Waals surface area contributed by atoms with Gasteiger partial charge in [0.1, 0.15) is 14.1 Å². The quantitative estimate of drug-likeness (QED) is 0.454. The fraction of sp³-hybridized carbons (Fsp3) is 0. The van der Waals surface area contributed by atoms with Crippen LogP contribution in [0.3, 0.4) is 0 Å². The van der Waals surface area contributed by atoms with Gasteiger partial charge in [-0.05, 0) is 11.5 Å². The van der Waals surface area contributed by atoms with Gasteiger partial charge < -0.3 is 0 Å². The van der Waals surface area contributed by atoms with E-state index in [1.165, 1.54) is 0 Å². The molecule has 13 heavy (non-hydrogen) atoms. The van der Waals surface area contributed by atoms with Crippen LogP contribution in [0.4, 0.5) is 0 Å². The van der Waals surface area contributed by atoms with E-state index in [1.54, 1.807) is 6.20 Å². The zero-order chi connectivity index (χ0) is 9.26. The first-order valence-electron chi connectivity index (χ1n) is 4.12. The van der Waals surface area contributed by atoms with Crippen LogP contribution < -0.4 is 5.46 Å². The van der Waals surface area contributed by atoms with Gasteiger partial charge in [0.05, 0.1) is 5.52 Å². The normalized spacial score (nSPS) is 10.2. The summed E-state index contributed by atoms with van der Waals surface area (Å²) >= 11 is 0. The van der Waals surface area contributed by atoms with Gasteiger partial charge in [-0.15, -0.1) is 0 Å². The van der Waals surface area contributed by atoms with Gasteiger partial charge in [0.2, 0.25) is 0 Å². The van der Waals surface area contributed by atoms with E-state index in [0.29, 0.717) is 5.56 Å².